The second-order valence-corrected chi connectivity index (χ2v) is 13.3. The van der Waals surface area contributed by atoms with Gasteiger partial charge in [0.1, 0.15) is 12.2 Å². The minimum atomic E-state index is -0.780. The van der Waals surface area contributed by atoms with E-state index in [1.807, 2.05) is 55.5 Å². The van der Waals surface area contributed by atoms with Gasteiger partial charge >= 0.3 is 6.03 Å². The second-order valence-electron chi connectivity index (χ2n) is 12.2. The number of urea groups is 1. The predicted octanol–water partition coefficient (Wildman–Crippen LogP) is 7.25. The molecule has 246 valence electrons. The molecular weight excluding hydrogens is 729 g/mol. The van der Waals surface area contributed by atoms with E-state index in [2.05, 4.69) is 63.0 Å². The number of imide groups is 2. The Bertz CT molecular complexity index is 1950. The van der Waals surface area contributed by atoms with Gasteiger partial charge in [0.25, 0.3) is 11.8 Å². The van der Waals surface area contributed by atoms with Crippen LogP contribution in [0.3, 0.4) is 0 Å². The van der Waals surface area contributed by atoms with E-state index in [0.29, 0.717) is 32.9 Å². The van der Waals surface area contributed by atoms with Gasteiger partial charge in [-0.25, -0.2) is 9.69 Å². The van der Waals surface area contributed by atoms with E-state index in [4.69, 9.17) is 15.9 Å². The highest BCUT2D eigenvalue weighted by Crippen LogP contribution is 2.50. The minimum Gasteiger partial charge on any atom is -0.490 e. The van der Waals surface area contributed by atoms with Crippen LogP contribution in [0.5, 0.6) is 11.5 Å². The molecule has 49 heavy (non-hydrogen) atoms. The van der Waals surface area contributed by atoms with E-state index >= 15 is 0 Å². The SMILES string of the molecule is C#CCOc1c(I)cc(/C=C2\C(=O)NC(=O)N(c3cc4c5c(c3)[C@@H](c3ccccc3)CCN5CC[C@@H]4c3ccccc3)C2=O)cc1OCC. The number of amides is 4. The van der Waals surface area contributed by atoms with Crippen molar-refractivity contribution in [2.75, 3.05) is 36.1 Å². The zero-order valence-electron chi connectivity index (χ0n) is 26.9. The number of nitrogens with one attached hydrogen (secondary N) is 1. The Morgan fingerprint density at radius 3 is 2.08 bits per heavy atom. The van der Waals surface area contributed by atoms with Crippen molar-refractivity contribution >= 4 is 57.9 Å². The smallest absolute Gasteiger partial charge is 0.335 e. The summed E-state index contributed by atoms with van der Waals surface area (Å²) in [6.45, 7) is 4.11. The first kappa shape index (κ1) is 32.5. The Morgan fingerprint density at radius 1 is 0.898 bits per heavy atom. The lowest BCUT2D eigenvalue weighted by molar-refractivity contribution is -0.122. The number of terminal acetylenes is 1. The fraction of sp³-hybridized carbons (Fsp3) is 0.225. The molecule has 3 heterocycles. The summed E-state index contributed by atoms with van der Waals surface area (Å²) >= 11 is 2.10. The summed E-state index contributed by atoms with van der Waals surface area (Å²) in [5.41, 5.74) is 6.50. The summed E-state index contributed by atoms with van der Waals surface area (Å²) in [6.07, 6.45) is 8.69. The van der Waals surface area contributed by atoms with Crippen LogP contribution in [-0.4, -0.2) is 44.1 Å². The van der Waals surface area contributed by atoms with Crippen LogP contribution in [0.25, 0.3) is 6.08 Å². The van der Waals surface area contributed by atoms with Crippen molar-refractivity contribution < 1.29 is 23.9 Å². The number of carbonyl (C=O) groups excluding carboxylic acids is 3. The van der Waals surface area contributed by atoms with Crippen LogP contribution in [-0.2, 0) is 9.59 Å². The van der Waals surface area contributed by atoms with Crippen LogP contribution in [0.1, 0.15) is 59.4 Å². The first-order valence-electron chi connectivity index (χ1n) is 16.3. The number of hydrogen-bond acceptors (Lipinski definition) is 6. The molecule has 4 aromatic rings. The van der Waals surface area contributed by atoms with Gasteiger partial charge in [-0.3, -0.25) is 14.9 Å². The van der Waals surface area contributed by atoms with Gasteiger partial charge in [-0.1, -0.05) is 66.6 Å². The molecule has 7 rings (SSSR count). The molecule has 1 saturated heterocycles. The van der Waals surface area contributed by atoms with Crippen LogP contribution >= 0.6 is 22.6 Å². The van der Waals surface area contributed by atoms with Crippen LogP contribution < -0.4 is 24.6 Å². The number of anilines is 2. The maximum absolute atomic E-state index is 14.3. The highest BCUT2D eigenvalue weighted by atomic mass is 127. The summed E-state index contributed by atoms with van der Waals surface area (Å²) in [6, 6.07) is 27.3. The Hall–Kier alpha value is -5.08. The lowest BCUT2D eigenvalue weighted by atomic mass is 9.76. The summed E-state index contributed by atoms with van der Waals surface area (Å²) < 4.78 is 12.2. The third kappa shape index (κ3) is 6.17. The lowest BCUT2D eigenvalue weighted by Gasteiger charge is -2.44. The standard InChI is InChI=1S/C40H34IN3O5/c1-3-19-49-37-34(41)21-25(22-35(37)48-4-2)20-33-38(45)42-40(47)44(39(33)46)28-23-31-29(26-11-7-5-8-12-26)15-17-43-18-16-30(32(24-28)36(31)43)27-13-9-6-10-14-27/h1,5-14,20-24,29-30H,4,15-19H2,2H3,(H,42,45,47)/b33-20+/t29-,30-/m1/s1. The quantitative estimate of drug-likeness (QED) is 0.0882. The fourth-order valence-electron chi connectivity index (χ4n) is 7.22. The molecule has 1 N–H and O–H groups in total. The molecule has 8 nitrogen and oxygen atoms in total. The molecule has 9 heteroatoms. The average molecular weight is 764 g/mol. The number of nitrogens with zero attached hydrogens (tertiary/aromatic N) is 2. The predicted molar refractivity (Wildman–Crippen MR) is 198 cm³/mol. The topological polar surface area (TPSA) is 88.2 Å². The molecule has 1 fully saturated rings. The van der Waals surface area contributed by atoms with Crippen molar-refractivity contribution in [3.05, 3.63) is 122 Å². The molecule has 4 amide bonds. The van der Waals surface area contributed by atoms with Gasteiger partial charge in [-0.2, -0.15) is 0 Å². The normalized spacial score (nSPS) is 19.3. The zero-order valence-corrected chi connectivity index (χ0v) is 29.1. The number of ether oxygens (including phenoxy) is 2. The van der Waals surface area contributed by atoms with Crippen molar-refractivity contribution in [3.8, 4) is 23.8 Å². The molecule has 2 atom stereocenters. The summed E-state index contributed by atoms with van der Waals surface area (Å²) in [4.78, 5) is 44.7. The molecule has 0 radical (unpaired) electrons. The molecule has 3 aliphatic rings. The van der Waals surface area contributed by atoms with E-state index in [-0.39, 0.29) is 24.0 Å². The number of hydrogen-bond donors (Lipinski definition) is 1. The molecule has 0 bridgehead atoms. The Balaban J connectivity index is 1.35. The van der Waals surface area contributed by atoms with Gasteiger partial charge in [-0.15, -0.1) is 6.42 Å². The Morgan fingerprint density at radius 2 is 1.51 bits per heavy atom. The van der Waals surface area contributed by atoms with Gasteiger partial charge in [0.2, 0.25) is 0 Å². The monoisotopic (exact) mass is 763 g/mol. The summed E-state index contributed by atoms with van der Waals surface area (Å²) in [7, 11) is 0. The van der Waals surface area contributed by atoms with Gasteiger partial charge in [-0.05, 0) is 101 Å². The van der Waals surface area contributed by atoms with E-state index in [1.54, 1.807) is 12.1 Å². The van der Waals surface area contributed by atoms with Gasteiger partial charge in [0, 0.05) is 30.6 Å². The third-order valence-electron chi connectivity index (χ3n) is 9.30. The van der Waals surface area contributed by atoms with Crippen molar-refractivity contribution in [2.24, 2.45) is 0 Å². The number of benzene rings is 4. The molecule has 0 unspecified atom stereocenters. The summed E-state index contributed by atoms with van der Waals surface area (Å²) in [5, 5.41) is 2.42. The highest BCUT2D eigenvalue weighted by Gasteiger charge is 2.40. The lowest BCUT2D eigenvalue weighted by Crippen LogP contribution is -2.54. The van der Waals surface area contributed by atoms with Crippen molar-refractivity contribution in [1.29, 1.82) is 0 Å². The number of carbonyl (C=O) groups is 3. The Labute approximate surface area is 299 Å². The Kier molecular flexibility index (Phi) is 9.15. The molecule has 0 spiro atoms. The summed E-state index contributed by atoms with van der Waals surface area (Å²) in [5.74, 6) is 2.07. The van der Waals surface area contributed by atoms with Crippen molar-refractivity contribution in [1.82, 2.24) is 5.32 Å². The molecule has 0 aliphatic carbocycles. The number of halogens is 1. The molecule has 0 saturated carbocycles. The van der Waals surface area contributed by atoms with Gasteiger partial charge < -0.3 is 14.4 Å². The van der Waals surface area contributed by atoms with E-state index in [0.717, 1.165) is 42.0 Å². The van der Waals surface area contributed by atoms with E-state index in [1.165, 1.54) is 22.9 Å². The van der Waals surface area contributed by atoms with Crippen LogP contribution in [0, 0.1) is 15.9 Å². The second kappa shape index (κ2) is 13.8. The molecular formula is C40H34IN3O5. The van der Waals surface area contributed by atoms with Crippen LogP contribution in [0.15, 0.2) is 90.5 Å². The minimum absolute atomic E-state index is 0.0608. The zero-order chi connectivity index (χ0) is 34.1. The molecule has 0 aromatic heterocycles. The average Bonchev–Trinajstić information content (AvgIpc) is 3.11. The first-order valence-corrected chi connectivity index (χ1v) is 17.4. The number of barbiturate groups is 1. The largest absolute Gasteiger partial charge is 0.490 e. The first-order chi connectivity index (χ1) is 23.9. The van der Waals surface area contributed by atoms with Crippen LogP contribution in [0.4, 0.5) is 16.2 Å². The maximum atomic E-state index is 14.3. The van der Waals surface area contributed by atoms with Crippen molar-refractivity contribution in [2.45, 2.75) is 31.6 Å². The van der Waals surface area contributed by atoms with Gasteiger partial charge in [0.05, 0.1) is 15.9 Å². The van der Waals surface area contributed by atoms with Gasteiger partial charge in [0.15, 0.2) is 11.5 Å². The highest BCUT2D eigenvalue weighted by molar-refractivity contribution is 14.1. The third-order valence-corrected chi connectivity index (χ3v) is 10.1. The van der Waals surface area contributed by atoms with E-state index in [9.17, 15) is 14.4 Å². The van der Waals surface area contributed by atoms with Crippen LogP contribution in [0.2, 0.25) is 0 Å². The van der Waals surface area contributed by atoms with Crippen molar-refractivity contribution in [3.63, 3.8) is 0 Å². The van der Waals surface area contributed by atoms with E-state index < -0.39 is 17.8 Å². The molecule has 3 aliphatic heterocycles. The fourth-order valence-corrected chi connectivity index (χ4v) is 8.00. The molecule has 4 aromatic carbocycles. The maximum Gasteiger partial charge on any atom is 0.335 e. The number of rotatable bonds is 8.